The molecule has 0 saturated carbocycles. The lowest BCUT2D eigenvalue weighted by molar-refractivity contribution is 0.102. The largest absolute Gasteiger partial charge is 0.492 e. The molecule has 11 nitrogen and oxygen atoms in total. The third-order valence-electron chi connectivity index (χ3n) is 6.64. The fraction of sp³-hybridized carbons (Fsp3) is 0.414. The first-order valence-electron chi connectivity index (χ1n) is 13.5. The van der Waals surface area contributed by atoms with Crippen LogP contribution in [0.15, 0.2) is 42.6 Å². The molecule has 1 amide bonds. The number of piperazine rings is 1. The van der Waals surface area contributed by atoms with E-state index in [4.69, 9.17) is 9.47 Å². The summed E-state index contributed by atoms with van der Waals surface area (Å²) in [7, 11) is -2.17. The number of rotatable bonds is 9. The monoisotopic (exact) mass is 582 g/mol. The van der Waals surface area contributed by atoms with Crippen molar-refractivity contribution in [3.05, 3.63) is 59.3 Å². The Hall–Kier alpha value is -3.90. The standard InChI is InChI=1S/C29H38N6O5S/c1-7-19-8-9-20(16-24(19)40-25-10-11-31-28(33-25)35-14-12-30-13-15-35)27(36)32-22-17-21(29(2,3)4)18-23(26(22)39-5)34-41(6,37)38/h8-11,16-18,30,34H,7,12-15H2,1-6H3,(H,32,36). The molecule has 4 rings (SSSR count). The summed E-state index contributed by atoms with van der Waals surface area (Å²) in [5.74, 6) is 1.30. The highest BCUT2D eigenvalue weighted by atomic mass is 32.2. The van der Waals surface area contributed by atoms with Crippen LogP contribution in [-0.4, -0.2) is 63.8 Å². The van der Waals surface area contributed by atoms with Gasteiger partial charge in [0.15, 0.2) is 5.75 Å². The third kappa shape index (κ3) is 7.65. The number of nitrogens with zero attached hydrogens (tertiary/aromatic N) is 3. The highest BCUT2D eigenvalue weighted by molar-refractivity contribution is 7.92. The van der Waals surface area contributed by atoms with Gasteiger partial charge in [-0.3, -0.25) is 9.52 Å². The van der Waals surface area contributed by atoms with Crippen LogP contribution in [0.1, 0.15) is 49.2 Å². The van der Waals surface area contributed by atoms with Crippen LogP contribution < -0.4 is 29.7 Å². The molecule has 41 heavy (non-hydrogen) atoms. The Kier molecular flexibility index (Phi) is 9.03. The summed E-state index contributed by atoms with van der Waals surface area (Å²) in [5, 5.41) is 6.22. The lowest BCUT2D eigenvalue weighted by Gasteiger charge is -2.27. The molecule has 3 N–H and O–H groups in total. The minimum absolute atomic E-state index is 0.208. The van der Waals surface area contributed by atoms with Gasteiger partial charge in [0.2, 0.25) is 21.9 Å². The van der Waals surface area contributed by atoms with Gasteiger partial charge in [-0.15, -0.1) is 0 Å². The van der Waals surface area contributed by atoms with E-state index in [-0.39, 0.29) is 16.9 Å². The van der Waals surface area contributed by atoms with E-state index in [2.05, 4.69) is 30.2 Å². The van der Waals surface area contributed by atoms with Crippen LogP contribution in [-0.2, 0) is 21.9 Å². The summed E-state index contributed by atoms with van der Waals surface area (Å²) >= 11 is 0. The van der Waals surface area contributed by atoms with Crippen LogP contribution in [0.2, 0.25) is 0 Å². The molecule has 1 aliphatic heterocycles. The Bertz CT molecular complexity index is 1510. The summed E-state index contributed by atoms with van der Waals surface area (Å²) in [5.41, 5.74) is 2.34. The second-order valence-electron chi connectivity index (χ2n) is 10.9. The Labute approximate surface area is 241 Å². The van der Waals surface area contributed by atoms with Crippen LogP contribution in [0.25, 0.3) is 0 Å². The van der Waals surface area contributed by atoms with Crippen molar-refractivity contribution in [1.29, 1.82) is 0 Å². The molecular formula is C29H38N6O5S. The van der Waals surface area contributed by atoms with Crippen molar-refractivity contribution >= 4 is 33.3 Å². The molecule has 12 heteroatoms. The molecule has 1 aromatic heterocycles. The van der Waals surface area contributed by atoms with E-state index in [1.54, 1.807) is 36.5 Å². The molecule has 3 aromatic rings. The average Bonchev–Trinajstić information content (AvgIpc) is 2.92. The second-order valence-corrected chi connectivity index (χ2v) is 12.6. The molecule has 0 spiro atoms. The number of anilines is 3. The van der Waals surface area contributed by atoms with Gasteiger partial charge in [-0.25, -0.2) is 13.4 Å². The second kappa shape index (κ2) is 12.3. The first-order chi connectivity index (χ1) is 19.4. The van der Waals surface area contributed by atoms with Gasteiger partial charge < -0.3 is 25.0 Å². The quantitative estimate of drug-likeness (QED) is 0.340. The zero-order valence-corrected chi connectivity index (χ0v) is 25.2. The molecular weight excluding hydrogens is 544 g/mol. The zero-order valence-electron chi connectivity index (χ0n) is 24.4. The molecule has 1 fully saturated rings. The van der Waals surface area contributed by atoms with E-state index in [9.17, 15) is 13.2 Å². The van der Waals surface area contributed by atoms with Crippen LogP contribution in [0, 0.1) is 0 Å². The predicted molar refractivity (Wildman–Crippen MR) is 161 cm³/mol. The summed E-state index contributed by atoms with van der Waals surface area (Å²) < 4.78 is 38.3. The number of carbonyl (C=O) groups is 1. The van der Waals surface area contributed by atoms with Crippen LogP contribution in [0.4, 0.5) is 17.3 Å². The number of sulfonamides is 1. The number of aryl methyl sites for hydroxylation is 1. The number of aromatic nitrogens is 2. The number of carbonyl (C=O) groups excluding carboxylic acids is 1. The van der Waals surface area contributed by atoms with Crippen LogP contribution in [0.3, 0.4) is 0 Å². The SMILES string of the molecule is CCc1ccc(C(=O)Nc2cc(C(C)(C)C)cc(NS(C)(=O)=O)c2OC)cc1Oc1ccnc(N2CCNCC2)n1. The molecule has 1 aliphatic rings. The Morgan fingerprint density at radius 3 is 2.44 bits per heavy atom. The normalized spacial score (nSPS) is 14.0. The molecule has 220 valence electrons. The highest BCUT2D eigenvalue weighted by Crippen LogP contribution is 2.39. The Balaban J connectivity index is 1.64. The van der Waals surface area contributed by atoms with E-state index in [1.165, 1.54) is 7.11 Å². The van der Waals surface area contributed by atoms with Gasteiger partial charge in [-0.05, 0) is 47.2 Å². The number of amides is 1. The minimum Gasteiger partial charge on any atom is -0.492 e. The summed E-state index contributed by atoms with van der Waals surface area (Å²) in [6, 6.07) is 10.5. The van der Waals surface area contributed by atoms with Gasteiger partial charge in [0.1, 0.15) is 5.75 Å². The summed E-state index contributed by atoms with van der Waals surface area (Å²) in [4.78, 5) is 24.6. The number of methoxy groups -OCH3 is 1. The molecule has 0 unspecified atom stereocenters. The van der Waals surface area contributed by atoms with Crippen molar-refractivity contribution < 1.29 is 22.7 Å². The molecule has 2 heterocycles. The number of benzene rings is 2. The fourth-order valence-corrected chi connectivity index (χ4v) is 5.00. The van der Waals surface area contributed by atoms with Gasteiger partial charge in [-0.2, -0.15) is 4.98 Å². The summed E-state index contributed by atoms with van der Waals surface area (Å²) in [6.45, 7) is 11.3. The van der Waals surface area contributed by atoms with E-state index < -0.39 is 15.9 Å². The van der Waals surface area contributed by atoms with Crippen molar-refractivity contribution in [2.24, 2.45) is 0 Å². The Morgan fingerprint density at radius 1 is 1.10 bits per heavy atom. The van der Waals surface area contributed by atoms with Crippen molar-refractivity contribution in [3.8, 4) is 17.4 Å². The van der Waals surface area contributed by atoms with Crippen LogP contribution >= 0.6 is 0 Å². The summed E-state index contributed by atoms with van der Waals surface area (Å²) in [6.07, 6.45) is 3.42. The highest BCUT2D eigenvalue weighted by Gasteiger charge is 2.23. The molecule has 2 aromatic carbocycles. The molecule has 1 saturated heterocycles. The van der Waals surface area contributed by atoms with Crippen molar-refractivity contribution in [2.75, 3.05) is 54.5 Å². The topological polar surface area (TPSA) is 135 Å². The number of hydrogen-bond donors (Lipinski definition) is 3. The maximum atomic E-state index is 13.5. The Morgan fingerprint density at radius 2 is 1.80 bits per heavy atom. The van der Waals surface area contributed by atoms with Crippen molar-refractivity contribution in [3.63, 3.8) is 0 Å². The lowest BCUT2D eigenvalue weighted by atomic mass is 9.86. The molecule has 0 atom stereocenters. The fourth-order valence-electron chi connectivity index (χ4n) is 4.45. The van der Waals surface area contributed by atoms with E-state index in [0.29, 0.717) is 35.2 Å². The van der Waals surface area contributed by atoms with Gasteiger partial charge >= 0.3 is 0 Å². The molecule has 0 bridgehead atoms. The number of ether oxygens (including phenoxy) is 2. The zero-order chi connectivity index (χ0) is 29.8. The maximum Gasteiger partial charge on any atom is 0.255 e. The lowest BCUT2D eigenvalue weighted by Crippen LogP contribution is -2.44. The smallest absolute Gasteiger partial charge is 0.255 e. The average molecular weight is 583 g/mol. The third-order valence-corrected chi connectivity index (χ3v) is 7.24. The van der Waals surface area contributed by atoms with E-state index in [0.717, 1.165) is 43.6 Å². The van der Waals surface area contributed by atoms with Crippen LogP contribution in [0.5, 0.6) is 17.4 Å². The van der Waals surface area contributed by atoms with Crippen molar-refractivity contribution in [1.82, 2.24) is 15.3 Å². The molecule has 0 aliphatic carbocycles. The van der Waals surface area contributed by atoms with Gasteiger partial charge in [0.05, 0.1) is 24.7 Å². The van der Waals surface area contributed by atoms with E-state index in [1.807, 2.05) is 33.8 Å². The molecule has 0 radical (unpaired) electrons. The first-order valence-corrected chi connectivity index (χ1v) is 15.4. The van der Waals surface area contributed by atoms with Gasteiger partial charge in [-0.1, -0.05) is 33.8 Å². The maximum absolute atomic E-state index is 13.5. The van der Waals surface area contributed by atoms with E-state index >= 15 is 0 Å². The van der Waals surface area contributed by atoms with Gasteiger partial charge in [0, 0.05) is 44.0 Å². The number of nitrogens with one attached hydrogen (secondary N) is 3. The first kappa shape index (κ1) is 30.1. The predicted octanol–water partition coefficient (Wildman–Crippen LogP) is 4.17. The van der Waals surface area contributed by atoms with Gasteiger partial charge in [0.25, 0.3) is 5.91 Å². The number of hydrogen-bond acceptors (Lipinski definition) is 9. The van der Waals surface area contributed by atoms with Crippen molar-refractivity contribution in [2.45, 2.75) is 39.5 Å². The minimum atomic E-state index is -3.60.